The fourth-order valence-corrected chi connectivity index (χ4v) is 3.34. The maximum atomic E-state index is 14.8. The molecule has 33 heavy (non-hydrogen) atoms. The van der Waals surface area contributed by atoms with Crippen molar-refractivity contribution in [3.63, 3.8) is 0 Å². The lowest BCUT2D eigenvalue weighted by atomic mass is 9.95. The van der Waals surface area contributed by atoms with Crippen molar-refractivity contribution in [3.8, 4) is 6.07 Å². The third kappa shape index (κ3) is 5.66. The number of ketones is 1. The van der Waals surface area contributed by atoms with E-state index < -0.39 is 29.0 Å². The summed E-state index contributed by atoms with van der Waals surface area (Å²) in [6, 6.07) is 8.42. The third-order valence-electron chi connectivity index (χ3n) is 4.78. The van der Waals surface area contributed by atoms with Crippen LogP contribution in [-0.4, -0.2) is 18.3 Å². The molecule has 1 aliphatic rings. The van der Waals surface area contributed by atoms with Crippen LogP contribution in [0.2, 0.25) is 0 Å². The summed E-state index contributed by atoms with van der Waals surface area (Å²) in [7, 11) is 0. The first-order valence-corrected chi connectivity index (χ1v) is 9.90. The number of benzene rings is 2. The van der Waals surface area contributed by atoms with Crippen LogP contribution in [0, 0.1) is 17.1 Å². The second kappa shape index (κ2) is 9.69. The van der Waals surface area contributed by atoms with Crippen molar-refractivity contribution in [2.24, 2.45) is 0 Å². The number of amides is 1. The van der Waals surface area contributed by atoms with Gasteiger partial charge in [0.05, 0.1) is 30.2 Å². The Morgan fingerprint density at radius 3 is 2.61 bits per heavy atom. The molecule has 0 aromatic heterocycles. The van der Waals surface area contributed by atoms with E-state index in [4.69, 9.17) is 10.00 Å². The van der Waals surface area contributed by atoms with E-state index in [1.54, 1.807) is 13.0 Å². The first kappa shape index (κ1) is 23.7. The third-order valence-corrected chi connectivity index (χ3v) is 4.78. The monoisotopic (exact) mass is 458 g/mol. The highest BCUT2D eigenvalue weighted by atomic mass is 19.4. The molecule has 0 unspecified atom stereocenters. The highest BCUT2D eigenvalue weighted by Crippen LogP contribution is 2.34. The van der Waals surface area contributed by atoms with Crippen molar-refractivity contribution in [1.82, 2.24) is 0 Å². The molecule has 0 spiro atoms. The second-order valence-corrected chi connectivity index (χ2v) is 7.14. The molecule has 0 saturated heterocycles. The summed E-state index contributed by atoms with van der Waals surface area (Å²) in [6.07, 6.45) is -2.05. The van der Waals surface area contributed by atoms with Gasteiger partial charge in [-0.25, -0.2) is 4.39 Å². The van der Waals surface area contributed by atoms with Crippen molar-refractivity contribution in [3.05, 3.63) is 82.4 Å². The number of anilines is 1. The molecule has 0 heterocycles. The first-order valence-electron chi connectivity index (χ1n) is 9.90. The average molecular weight is 458 g/mol. The Labute approximate surface area is 187 Å². The van der Waals surface area contributed by atoms with Crippen molar-refractivity contribution in [1.29, 1.82) is 5.26 Å². The molecule has 0 radical (unpaired) electrons. The number of nitrogens with zero attached hydrogens (tertiary/aromatic N) is 1. The smallest absolute Gasteiger partial charge is 0.417 e. The van der Waals surface area contributed by atoms with E-state index >= 15 is 0 Å². The molecule has 170 valence electrons. The van der Waals surface area contributed by atoms with Gasteiger partial charge in [-0.05, 0) is 36.8 Å². The van der Waals surface area contributed by atoms with E-state index in [0.29, 0.717) is 23.8 Å². The summed E-state index contributed by atoms with van der Waals surface area (Å²) >= 11 is 0. The minimum absolute atomic E-state index is 0.111. The van der Waals surface area contributed by atoms with Crippen molar-refractivity contribution < 1.29 is 31.9 Å². The normalized spacial score (nSPS) is 13.6. The summed E-state index contributed by atoms with van der Waals surface area (Å²) < 4.78 is 59.5. The minimum Gasteiger partial charge on any atom is -0.493 e. The van der Waals surface area contributed by atoms with Gasteiger partial charge < -0.3 is 10.1 Å². The lowest BCUT2D eigenvalue weighted by molar-refractivity contribution is -0.137. The van der Waals surface area contributed by atoms with Gasteiger partial charge >= 0.3 is 6.18 Å². The SMILES string of the molecule is CCOC1=CC(=O)CC=C1c1ccc(CC(=O)Nc2ccc(C#N)c(C(F)(F)F)c2)cc1F. The van der Waals surface area contributed by atoms with Gasteiger partial charge in [-0.15, -0.1) is 0 Å². The molecule has 0 saturated carbocycles. The summed E-state index contributed by atoms with van der Waals surface area (Å²) in [5, 5.41) is 11.2. The van der Waals surface area contributed by atoms with Crippen LogP contribution >= 0.6 is 0 Å². The predicted molar refractivity (Wildman–Crippen MR) is 112 cm³/mol. The largest absolute Gasteiger partial charge is 0.493 e. The average Bonchev–Trinajstić information content (AvgIpc) is 2.74. The molecule has 2 aromatic rings. The Kier molecular flexibility index (Phi) is 6.97. The Morgan fingerprint density at radius 2 is 1.97 bits per heavy atom. The van der Waals surface area contributed by atoms with Crippen LogP contribution in [0.5, 0.6) is 0 Å². The molecule has 1 amide bonds. The lowest BCUT2D eigenvalue weighted by Gasteiger charge is -2.17. The van der Waals surface area contributed by atoms with Gasteiger partial charge in [0, 0.05) is 29.3 Å². The van der Waals surface area contributed by atoms with Crippen LogP contribution in [0.3, 0.4) is 0 Å². The molecule has 1 N–H and O–H groups in total. The molecular formula is C24H18F4N2O3. The molecule has 9 heteroatoms. The van der Waals surface area contributed by atoms with Gasteiger partial charge in [-0.3, -0.25) is 9.59 Å². The van der Waals surface area contributed by atoms with E-state index in [9.17, 15) is 27.2 Å². The van der Waals surface area contributed by atoms with Crippen LogP contribution in [0.15, 0.2) is 54.3 Å². The quantitative estimate of drug-likeness (QED) is 0.606. The zero-order valence-corrected chi connectivity index (χ0v) is 17.4. The number of allylic oxidation sites excluding steroid dienone is 3. The highest BCUT2D eigenvalue weighted by molar-refractivity contribution is 5.99. The Balaban J connectivity index is 1.76. The Morgan fingerprint density at radius 1 is 1.21 bits per heavy atom. The standard InChI is InChI=1S/C24H18F4N2O3/c1-2-33-22-12-17(31)6-8-19(22)18-7-3-14(9-21(18)25)10-23(32)30-16-5-4-15(13-29)20(11-16)24(26,27)28/h3-5,7-9,11-12H,2,6,10H2,1H3,(H,30,32). The molecule has 3 rings (SSSR count). The van der Waals surface area contributed by atoms with Gasteiger partial charge in [0.1, 0.15) is 11.6 Å². The van der Waals surface area contributed by atoms with Crippen molar-refractivity contribution >= 4 is 23.0 Å². The number of ether oxygens (including phenoxy) is 1. The van der Waals surface area contributed by atoms with Gasteiger partial charge in [-0.2, -0.15) is 18.4 Å². The number of alkyl halides is 3. The molecule has 0 fully saturated rings. The topological polar surface area (TPSA) is 79.2 Å². The van der Waals surface area contributed by atoms with Crippen LogP contribution in [0.1, 0.15) is 35.6 Å². The van der Waals surface area contributed by atoms with Crippen LogP contribution in [0.25, 0.3) is 5.57 Å². The number of carbonyl (C=O) groups is 2. The highest BCUT2D eigenvalue weighted by Gasteiger charge is 2.34. The summed E-state index contributed by atoms with van der Waals surface area (Å²) in [5.74, 6) is -1.19. The van der Waals surface area contributed by atoms with E-state index in [-0.39, 0.29) is 35.6 Å². The van der Waals surface area contributed by atoms with Gasteiger partial charge in [0.2, 0.25) is 5.91 Å². The van der Waals surface area contributed by atoms with Crippen molar-refractivity contribution in [2.75, 3.05) is 11.9 Å². The van der Waals surface area contributed by atoms with E-state index in [0.717, 1.165) is 12.1 Å². The summed E-state index contributed by atoms with van der Waals surface area (Å²) in [5.41, 5.74) is -0.914. The fourth-order valence-electron chi connectivity index (χ4n) is 3.34. The fraction of sp³-hybridized carbons (Fsp3) is 0.208. The van der Waals surface area contributed by atoms with Gasteiger partial charge in [0.25, 0.3) is 0 Å². The van der Waals surface area contributed by atoms with Gasteiger partial charge in [-0.1, -0.05) is 18.2 Å². The van der Waals surface area contributed by atoms with E-state index in [1.165, 1.54) is 30.3 Å². The number of nitrogens with one attached hydrogen (secondary N) is 1. The number of nitriles is 1. The molecule has 1 aliphatic carbocycles. The number of hydrogen-bond donors (Lipinski definition) is 1. The zero-order valence-electron chi connectivity index (χ0n) is 17.4. The zero-order chi connectivity index (χ0) is 24.2. The second-order valence-electron chi connectivity index (χ2n) is 7.14. The van der Waals surface area contributed by atoms with Crippen LogP contribution in [0.4, 0.5) is 23.2 Å². The molecule has 2 aromatic carbocycles. The molecule has 5 nitrogen and oxygen atoms in total. The molecule has 0 aliphatic heterocycles. The Bertz CT molecular complexity index is 1210. The van der Waals surface area contributed by atoms with Crippen molar-refractivity contribution in [2.45, 2.75) is 25.9 Å². The predicted octanol–water partition coefficient (Wildman–Crippen LogP) is 5.17. The summed E-state index contributed by atoms with van der Waals surface area (Å²) in [4.78, 5) is 23.9. The lowest BCUT2D eigenvalue weighted by Crippen LogP contribution is -2.16. The van der Waals surface area contributed by atoms with E-state index in [2.05, 4.69) is 5.32 Å². The molecular weight excluding hydrogens is 440 g/mol. The number of carbonyl (C=O) groups excluding carboxylic acids is 2. The Hall–Kier alpha value is -3.93. The summed E-state index contributed by atoms with van der Waals surface area (Å²) in [6.45, 7) is 2.03. The van der Waals surface area contributed by atoms with Crippen LogP contribution in [-0.2, 0) is 26.9 Å². The first-order chi connectivity index (χ1) is 15.6. The number of rotatable bonds is 6. The molecule has 0 atom stereocenters. The number of hydrogen-bond acceptors (Lipinski definition) is 4. The van der Waals surface area contributed by atoms with Crippen LogP contribution < -0.4 is 5.32 Å². The van der Waals surface area contributed by atoms with E-state index in [1.807, 2.05) is 0 Å². The maximum absolute atomic E-state index is 14.8. The number of halogens is 4. The maximum Gasteiger partial charge on any atom is 0.417 e. The minimum atomic E-state index is -4.75. The molecule has 0 bridgehead atoms. The van der Waals surface area contributed by atoms with Gasteiger partial charge in [0.15, 0.2) is 5.78 Å².